The maximum Gasteiger partial charge on any atom is 0.416 e. The number of fused-ring (bicyclic) bond motifs is 1. The maximum absolute atomic E-state index is 12.6. The van der Waals surface area contributed by atoms with Crippen LogP contribution >= 0.6 is 0 Å². The summed E-state index contributed by atoms with van der Waals surface area (Å²) in [5, 5.41) is 11.8. The molecule has 3 aromatic rings. The van der Waals surface area contributed by atoms with Gasteiger partial charge in [0.25, 0.3) is 5.91 Å². The van der Waals surface area contributed by atoms with E-state index in [1.165, 1.54) is 18.2 Å². The predicted molar refractivity (Wildman–Crippen MR) is 88.5 cm³/mol. The third kappa shape index (κ3) is 3.85. The summed E-state index contributed by atoms with van der Waals surface area (Å²) in [5.74, 6) is -0.206. The van der Waals surface area contributed by atoms with Gasteiger partial charge in [-0.25, -0.2) is 4.98 Å². The monoisotopic (exact) mass is 364 g/mol. The highest BCUT2D eigenvalue weighted by Crippen LogP contribution is 2.31. The zero-order valence-corrected chi connectivity index (χ0v) is 13.7. The zero-order valence-electron chi connectivity index (χ0n) is 13.7. The molecule has 0 aliphatic rings. The first-order valence-electron chi connectivity index (χ1n) is 7.78. The molecule has 136 valence electrons. The summed E-state index contributed by atoms with van der Waals surface area (Å²) in [6.07, 6.45) is -5.07. The van der Waals surface area contributed by atoms with Crippen LogP contribution in [0.5, 0.6) is 0 Å². The standard InChI is InChI=1S/C18H15F3N2O3/c1-10(24)9-22-16(25)12-4-7-15-14(8-12)23-17(26-15)11-2-5-13(6-3-11)18(19,20)21/h2-8,10,24H,9H2,1H3,(H,22,25)/t10-/m1/s1. The SMILES string of the molecule is C[C@@H](O)CNC(=O)c1ccc2oc(-c3ccc(C(F)(F)F)cc3)nc2c1. The van der Waals surface area contributed by atoms with Gasteiger partial charge in [0.15, 0.2) is 5.58 Å². The highest BCUT2D eigenvalue weighted by Gasteiger charge is 2.30. The van der Waals surface area contributed by atoms with Gasteiger partial charge in [-0.1, -0.05) is 0 Å². The number of rotatable bonds is 4. The van der Waals surface area contributed by atoms with Gasteiger partial charge in [-0.05, 0) is 49.4 Å². The van der Waals surface area contributed by atoms with E-state index in [4.69, 9.17) is 4.42 Å². The van der Waals surface area contributed by atoms with Crippen LogP contribution < -0.4 is 5.32 Å². The van der Waals surface area contributed by atoms with Crippen molar-refractivity contribution in [3.8, 4) is 11.5 Å². The van der Waals surface area contributed by atoms with E-state index in [2.05, 4.69) is 10.3 Å². The predicted octanol–water partition coefficient (Wildman–Crippen LogP) is 3.62. The van der Waals surface area contributed by atoms with E-state index < -0.39 is 17.8 Å². The summed E-state index contributed by atoms with van der Waals surface area (Å²) >= 11 is 0. The van der Waals surface area contributed by atoms with E-state index in [0.717, 1.165) is 12.1 Å². The van der Waals surface area contributed by atoms with E-state index in [9.17, 15) is 23.1 Å². The lowest BCUT2D eigenvalue weighted by atomic mass is 10.1. The van der Waals surface area contributed by atoms with Crippen LogP contribution in [0.3, 0.4) is 0 Å². The molecule has 8 heteroatoms. The molecule has 0 saturated heterocycles. The molecular formula is C18H15F3N2O3. The average molecular weight is 364 g/mol. The summed E-state index contributed by atoms with van der Waals surface area (Å²) in [4.78, 5) is 16.2. The number of carbonyl (C=O) groups is 1. The van der Waals surface area contributed by atoms with Crippen molar-refractivity contribution in [1.29, 1.82) is 0 Å². The molecule has 2 N–H and O–H groups in total. The summed E-state index contributed by atoms with van der Waals surface area (Å²) in [6, 6.07) is 9.10. The molecule has 2 aromatic carbocycles. The van der Waals surface area contributed by atoms with Crippen molar-refractivity contribution < 1.29 is 27.5 Å². The molecule has 0 fully saturated rings. The number of aliphatic hydroxyl groups excluding tert-OH is 1. The quantitative estimate of drug-likeness (QED) is 0.741. The number of oxazole rings is 1. The zero-order chi connectivity index (χ0) is 18.9. The lowest BCUT2D eigenvalue weighted by molar-refractivity contribution is -0.137. The number of benzene rings is 2. The van der Waals surface area contributed by atoms with Gasteiger partial charge in [0.1, 0.15) is 5.52 Å². The van der Waals surface area contributed by atoms with E-state index >= 15 is 0 Å². The van der Waals surface area contributed by atoms with E-state index in [-0.39, 0.29) is 18.3 Å². The smallest absolute Gasteiger partial charge is 0.416 e. The second kappa shape index (κ2) is 6.80. The van der Waals surface area contributed by atoms with Crippen molar-refractivity contribution in [1.82, 2.24) is 10.3 Å². The number of carbonyl (C=O) groups excluding carboxylic acids is 1. The molecule has 26 heavy (non-hydrogen) atoms. The minimum absolute atomic E-state index is 0.118. The molecule has 1 atom stereocenters. The first-order valence-corrected chi connectivity index (χ1v) is 7.78. The van der Waals surface area contributed by atoms with Crippen molar-refractivity contribution >= 4 is 17.0 Å². The highest BCUT2D eigenvalue weighted by atomic mass is 19.4. The van der Waals surface area contributed by atoms with E-state index in [1.807, 2.05) is 0 Å². The van der Waals surface area contributed by atoms with E-state index in [1.54, 1.807) is 19.1 Å². The van der Waals surface area contributed by atoms with E-state index in [0.29, 0.717) is 22.2 Å². The first-order chi connectivity index (χ1) is 12.2. The van der Waals surface area contributed by atoms with Gasteiger partial charge in [0.2, 0.25) is 5.89 Å². The summed E-state index contributed by atoms with van der Waals surface area (Å²) in [5.41, 5.74) is 0.797. The van der Waals surface area contributed by atoms with Crippen molar-refractivity contribution in [2.45, 2.75) is 19.2 Å². The van der Waals surface area contributed by atoms with Gasteiger partial charge >= 0.3 is 6.18 Å². The fourth-order valence-electron chi connectivity index (χ4n) is 2.34. The molecule has 0 saturated carbocycles. The maximum atomic E-state index is 12.6. The van der Waals surface area contributed by atoms with Crippen LogP contribution in [-0.4, -0.2) is 28.6 Å². The minimum atomic E-state index is -4.41. The molecule has 0 radical (unpaired) electrons. The number of halogens is 3. The topological polar surface area (TPSA) is 75.4 Å². The molecule has 0 aliphatic heterocycles. The number of hydrogen-bond donors (Lipinski definition) is 2. The van der Waals surface area contributed by atoms with Crippen LogP contribution in [-0.2, 0) is 6.18 Å². The second-order valence-electron chi connectivity index (χ2n) is 5.84. The van der Waals surface area contributed by atoms with Crippen LogP contribution in [0.25, 0.3) is 22.6 Å². The van der Waals surface area contributed by atoms with Gasteiger partial charge in [-0.15, -0.1) is 0 Å². The molecule has 3 rings (SSSR count). The Labute approximate surface area is 146 Å². The molecule has 0 bridgehead atoms. The molecule has 0 unspecified atom stereocenters. The molecule has 0 spiro atoms. The third-order valence-electron chi connectivity index (χ3n) is 3.67. The van der Waals surface area contributed by atoms with Gasteiger partial charge in [-0.3, -0.25) is 4.79 Å². The Balaban J connectivity index is 1.86. The minimum Gasteiger partial charge on any atom is -0.436 e. The second-order valence-corrected chi connectivity index (χ2v) is 5.84. The van der Waals surface area contributed by atoms with Gasteiger partial charge in [-0.2, -0.15) is 13.2 Å². The van der Waals surface area contributed by atoms with Gasteiger partial charge in [0, 0.05) is 17.7 Å². The number of nitrogens with one attached hydrogen (secondary N) is 1. The number of hydrogen-bond acceptors (Lipinski definition) is 4. The fraction of sp³-hybridized carbons (Fsp3) is 0.222. The molecular weight excluding hydrogens is 349 g/mol. The Bertz CT molecular complexity index is 931. The summed E-state index contributed by atoms with van der Waals surface area (Å²) in [6.45, 7) is 1.67. The first kappa shape index (κ1) is 17.9. The molecule has 0 aliphatic carbocycles. The normalized spacial score (nSPS) is 13.0. The fourth-order valence-corrected chi connectivity index (χ4v) is 2.34. The Morgan fingerprint density at radius 2 is 1.92 bits per heavy atom. The molecule has 1 aromatic heterocycles. The Kier molecular flexibility index (Phi) is 4.69. The lowest BCUT2D eigenvalue weighted by Gasteiger charge is -2.06. The summed E-state index contributed by atoms with van der Waals surface area (Å²) in [7, 11) is 0. The number of aliphatic hydroxyl groups is 1. The number of nitrogens with zero attached hydrogens (tertiary/aromatic N) is 1. The molecule has 1 amide bonds. The number of alkyl halides is 3. The Morgan fingerprint density at radius 3 is 2.54 bits per heavy atom. The Morgan fingerprint density at radius 1 is 1.23 bits per heavy atom. The van der Waals surface area contributed by atoms with Crippen LogP contribution in [0, 0.1) is 0 Å². The van der Waals surface area contributed by atoms with Crippen molar-refractivity contribution in [2.24, 2.45) is 0 Å². The average Bonchev–Trinajstić information content (AvgIpc) is 3.02. The van der Waals surface area contributed by atoms with Crippen molar-refractivity contribution in [2.75, 3.05) is 6.54 Å². The molecule has 5 nitrogen and oxygen atoms in total. The largest absolute Gasteiger partial charge is 0.436 e. The van der Waals surface area contributed by atoms with Crippen LogP contribution in [0.4, 0.5) is 13.2 Å². The van der Waals surface area contributed by atoms with Crippen LogP contribution in [0.1, 0.15) is 22.8 Å². The van der Waals surface area contributed by atoms with Crippen LogP contribution in [0.2, 0.25) is 0 Å². The summed E-state index contributed by atoms with van der Waals surface area (Å²) < 4.78 is 43.4. The third-order valence-corrected chi connectivity index (χ3v) is 3.67. The molecule has 1 heterocycles. The lowest BCUT2D eigenvalue weighted by Crippen LogP contribution is -2.30. The van der Waals surface area contributed by atoms with Gasteiger partial charge < -0.3 is 14.8 Å². The van der Waals surface area contributed by atoms with Crippen LogP contribution in [0.15, 0.2) is 46.9 Å². The number of amides is 1. The number of aromatic nitrogens is 1. The highest BCUT2D eigenvalue weighted by molar-refractivity contribution is 5.97. The van der Waals surface area contributed by atoms with Gasteiger partial charge in [0.05, 0.1) is 11.7 Å². The van der Waals surface area contributed by atoms with Crippen molar-refractivity contribution in [3.05, 3.63) is 53.6 Å². The Hall–Kier alpha value is -2.87. The van der Waals surface area contributed by atoms with Crippen molar-refractivity contribution in [3.63, 3.8) is 0 Å².